The van der Waals surface area contributed by atoms with Crippen LogP contribution in [0.4, 0.5) is 0 Å². The van der Waals surface area contributed by atoms with Gasteiger partial charge in [-0.15, -0.1) is 0 Å². The third-order valence-corrected chi connectivity index (χ3v) is 2.89. The van der Waals surface area contributed by atoms with Crippen LogP contribution in [0.15, 0.2) is 11.6 Å². The molecule has 1 saturated carbocycles. The summed E-state index contributed by atoms with van der Waals surface area (Å²) in [6.45, 7) is 2.63. The predicted molar refractivity (Wildman–Crippen MR) is 56.0 cm³/mol. The highest BCUT2D eigenvalue weighted by molar-refractivity contribution is 5.87. The molecular formula is C11H19NO2. The van der Waals surface area contributed by atoms with Gasteiger partial charge >= 0.3 is 5.97 Å². The Bertz CT molecular complexity index is 231. The smallest absolute Gasteiger partial charge is 0.333 e. The van der Waals surface area contributed by atoms with Crippen LogP contribution in [0.1, 0.15) is 26.2 Å². The van der Waals surface area contributed by atoms with E-state index in [9.17, 15) is 4.79 Å². The summed E-state index contributed by atoms with van der Waals surface area (Å²) in [5.74, 6) is -0.230. The summed E-state index contributed by atoms with van der Waals surface area (Å²) in [6.07, 6.45) is 5.86. The molecule has 0 aliphatic heterocycles. The second-order valence-corrected chi connectivity index (χ2v) is 3.90. The van der Waals surface area contributed by atoms with Gasteiger partial charge < -0.3 is 4.74 Å². The number of likely N-dealkylation sites (N-methyl/N-ethyl adjacent to an activating group) is 1. The first-order chi connectivity index (χ1) is 6.65. The van der Waals surface area contributed by atoms with Crippen LogP contribution >= 0.6 is 0 Å². The molecule has 0 saturated heterocycles. The first kappa shape index (κ1) is 11.2. The average molecular weight is 197 g/mol. The Morgan fingerprint density at radius 1 is 1.57 bits per heavy atom. The quantitative estimate of drug-likeness (QED) is 0.506. The molecule has 0 N–H and O–H groups in total. The van der Waals surface area contributed by atoms with Crippen LogP contribution < -0.4 is 0 Å². The number of rotatable bonds is 4. The fourth-order valence-electron chi connectivity index (χ4n) is 1.50. The lowest BCUT2D eigenvalue weighted by Gasteiger charge is -2.34. The van der Waals surface area contributed by atoms with Crippen molar-refractivity contribution in [1.82, 2.24) is 4.90 Å². The number of methoxy groups -OCH3 is 1. The van der Waals surface area contributed by atoms with Crippen molar-refractivity contribution in [3.63, 3.8) is 0 Å². The Morgan fingerprint density at radius 3 is 2.64 bits per heavy atom. The molecule has 14 heavy (non-hydrogen) atoms. The summed E-state index contributed by atoms with van der Waals surface area (Å²) in [5.41, 5.74) is 0.693. The fraction of sp³-hybridized carbons (Fsp3) is 0.727. The Labute approximate surface area is 85.7 Å². The molecule has 0 spiro atoms. The zero-order chi connectivity index (χ0) is 10.6. The van der Waals surface area contributed by atoms with Crippen LogP contribution in [0, 0.1) is 0 Å². The summed E-state index contributed by atoms with van der Waals surface area (Å²) in [4.78, 5) is 13.4. The van der Waals surface area contributed by atoms with Crippen molar-refractivity contribution in [2.45, 2.75) is 32.2 Å². The van der Waals surface area contributed by atoms with Crippen molar-refractivity contribution in [3.8, 4) is 0 Å². The Hall–Kier alpha value is -0.830. The van der Waals surface area contributed by atoms with E-state index in [0.29, 0.717) is 5.57 Å². The van der Waals surface area contributed by atoms with E-state index in [1.165, 1.54) is 26.4 Å². The summed E-state index contributed by atoms with van der Waals surface area (Å²) in [7, 11) is 3.51. The Balaban J connectivity index is 2.32. The summed E-state index contributed by atoms with van der Waals surface area (Å²) in [5, 5.41) is 0. The van der Waals surface area contributed by atoms with Crippen molar-refractivity contribution in [2.24, 2.45) is 0 Å². The van der Waals surface area contributed by atoms with Crippen molar-refractivity contribution in [3.05, 3.63) is 11.6 Å². The number of nitrogens with zero attached hydrogens (tertiary/aromatic N) is 1. The van der Waals surface area contributed by atoms with Gasteiger partial charge in [0.05, 0.1) is 7.11 Å². The molecule has 0 atom stereocenters. The van der Waals surface area contributed by atoms with E-state index < -0.39 is 0 Å². The van der Waals surface area contributed by atoms with Gasteiger partial charge in [0.25, 0.3) is 0 Å². The van der Waals surface area contributed by atoms with Crippen molar-refractivity contribution in [2.75, 3.05) is 20.7 Å². The second kappa shape index (κ2) is 5.15. The monoisotopic (exact) mass is 197 g/mol. The molecule has 0 heterocycles. The van der Waals surface area contributed by atoms with E-state index in [2.05, 4.69) is 16.7 Å². The molecular weight excluding hydrogens is 178 g/mol. The normalized spacial score (nSPS) is 18.1. The first-order valence-corrected chi connectivity index (χ1v) is 5.10. The number of hydrogen-bond donors (Lipinski definition) is 0. The topological polar surface area (TPSA) is 29.5 Å². The van der Waals surface area contributed by atoms with Gasteiger partial charge in [0.15, 0.2) is 0 Å². The van der Waals surface area contributed by atoms with Gasteiger partial charge in [-0.2, -0.15) is 0 Å². The van der Waals surface area contributed by atoms with Crippen molar-refractivity contribution >= 4 is 5.97 Å². The maximum atomic E-state index is 11.1. The molecule has 1 aliphatic carbocycles. The van der Waals surface area contributed by atoms with Gasteiger partial charge in [0.1, 0.15) is 0 Å². The minimum Gasteiger partial charge on any atom is -0.466 e. The Kier molecular flexibility index (Phi) is 4.14. The lowest BCUT2D eigenvalue weighted by Crippen LogP contribution is -2.37. The molecule has 3 nitrogen and oxygen atoms in total. The molecule has 0 aromatic heterocycles. The molecule has 0 aromatic rings. The molecule has 80 valence electrons. The van der Waals surface area contributed by atoms with E-state index in [1.807, 2.05) is 6.08 Å². The zero-order valence-corrected chi connectivity index (χ0v) is 9.25. The highest BCUT2D eigenvalue weighted by Crippen LogP contribution is 2.23. The Morgan fingerprint density at radius 2 is 2.21 bits per heavy atom. The third kappa shape index (κ3) is 2.84. The number of hydrogen-bond acceptors (Lipinski definition) is 3. The zero-order valence-electron chi connectivity index (χ0n) is 9.25. The number of esters is 1. The molecule has 1 aliphatic rings. The maximum absolute atomic E-state index is 11.1. The number of carbonyl (C=O) groups excluding carboxylic acids is 1. The molecule has 0 bridgehead atoms. The molecule has 1 fully saturated rings. The molecule has 0 unspecified atom stereocenters. The van der Waals surface area contributed by atoms with Crippen LogP contribution in [-0.4, -0.2) is 37.6 Å². The third-order valence-electron chi connectivity index (χ3n) is 2.89. The average Bonchev–Trinajstić information content (AvgIpc) is 2.10. The second-order valence-electron chi connectivity index (χ2n) is 3.90. The minimum atomic E-state index is -0.230. The van der Waals surface area contributed by atoms with Gasteiger partial charge in [-0.05, 0) is 26.8 Å². The van der Waals surface area contributed by atoms with Crippen molar-refractivity contribution in [1.29, 1.82) is 0 Å². The first-order valence-electron chi connectivity index (χ1n) is 5.10. The largest absolute Gasteiger partial charge is 0.466 e. The number of carbonyl (C=O) groups is 1. The standard InChI is InChI=1S/C11H19NO2/c1-9(11(13)14-3)7-8-12(2)10-5-4-6-10/h7,10H,4-6,8H2,1-3H3. The van der Waals surface area contributed by atoms with Crippen molar-refractivity contribution < 1.29 is 9.53 Å². The lowest BCUT2D eigenvalue weighted by atomic mass is 9.92. The number of ether oxygens (including phenoxy) is 1. The van der Waals surface area contributed by atoms with E-state index >= 15 is 0 Å². The van der Waals surface area contributed by atoms with Gasteiger partial charge in [-0.3, -0.25) is 4.90 Å². The van der Waals surface area contributed by atoms with E-state index in [1.54, 1.807) is 6.92 Å². The summed E-state index contributed by atoms with van der Waals surface area (Å²) >= 11 is 0. The molecule has 0 aromatic carbocycles. The van der Waals surface area contributed by atoms with Crippen LogP contribution in [0.25, 0.3) is 0 Å². The van der Waals surface area contributed by atoms with Crippen LogP contribution in [0.2, 0.25) is 0 Å². The van der Waals surface area contributed by atoms with E-state index in [4.69, 9.17) is 0 Å². The highest BCUT2D eigenvalue weighted by Gasteiger charge is 2.20. The predicted octanol–water partition coefficient (Wildman–Crippen LogP) is 1.59. The molecule has 3 heteroatoms. The lowest BCUT2D eigenvalue weighted by molar-refractivity contribution is -0.136. The highest BCUT2D eigenvalue weighted by atomic mass is 16.5. The molecule has 1 rings (SSSR count). The van der Waals surface area contributed by atoms with Gasteiger partial charge in [-0.25, -0.2) is 4.79 Å². The van der Waals surface area contributed by atoms with Crippen LogP contribution in [0.5, 0.6) is 0 Å². The summed E-state index contributed by atoms with van der Waals surface area (Å²) in [6, 6.07) is 0.719. The van der Waals surface area contributed by atoms with Crippen LogP contribution in [0.3, 0.4) is 0 Å². The fourth-order valence-corrected chi connectivity index (χ4v) is 1.50. The van der Waals surface area contributed by atoms with E-state index in [-0.39, 0.29) is 5.97 Å². The maximum Gasteiger partial charge on any atom is 0.333 e. The molecule has 0 radical (unpaired) electrons. The van der Waals surface area contributed by atoms with Crippen LogP contribution in [-0.2, 0) is 9.53 Å². The van der Waals surface area contributed by atoms with Gasteiger partial charge in [0, 0.05) is 18.2 Å². The van der Waals surface area contributed by atoms with Gasteiger partial charge in [0.2, 0.25) is 0 Å². The minimum absolute atomic E-state index is 0.230. The van der Waals surface area contributed by atoms with Gasteiger partial charge in [-0.1, -0.05) is 12.5 Å². The van der Waals surface area contributed by atoms with E-state index in [0.717, 1.165) is 12.6 Å². The summed E-state index contributed by atoms with van der Waals surface area (Å²) < 4.78 is 4.62. The SMILES string of the molecule is COC(=O)C(C)=CCN(C)C1CCC1. The molecule has 0 amide bonds.